The molecule has 0 aliphatic rings. The molecule has 0 spiro atoms. The Morgan fingerprint density at radius 3 is 1.48 bits per heavy atom. The summed E-state index contributed by atoms with van der Waals surface area (Å²) in [6.07, 6.45) is 0.0825. The number of esters is 2. The van der Waals surface area contributed by atoms with E-state index in [1.165, 1.54) is 0 Å². The van der Waals surface area contributed by atoms with Gasteiger partial charge in [0.2, 0.25) is 0 Å². The van der Waals surface area contributed by atoms with Gasteiger partial charge in [-0.1, -0.05) is 48.5 Å². The highest BCUT2D eigenvalue weighted by atomic mass is 16.5. The second-order valence-corrected chi connectivity index (χ2v) is 7.56. The van der Waals surface area contributed by atoms with Crippen molar-refractivity contribution >= 4 is 33.5 Å². The van der Waals surface area contributed by atoms with Gasteiger partial charge in [0.15, 0.2) is 0 Å². The zero-order valence-corrected chi connectivity index (χ0v) is 18.4. The Kier molecular flexibility index (Phi) is 6.18. The third-order valence-electron chi connectivity index (χ3n) is 5.60. The predicted octanol–water partition coefficient (Wildman–Crippen LogP) is 5.35. The molecule has 4 aromatic rings. The number of hydrogen-bond donors (Lipinski definition) is 2. The fourth-order valence-corrected chi connectivity index (χ4v) is 4.09. The summed E-state index contributed by atoms with van der Waals surface area (Å²) in [5.41, 5.74) is 1.02. The summed E-state index contributed by atoms with van der Waals surface area (Å²) in [6, 6.07) is 17.9. The highest BCUT2D eigenvalue weighted by molar-refractivity contribution is 6.03. The zero-order valence-electron chi connectivity index (χ0n) is 18.4. The number of carbonyl (C=O) groups is 2. The molecule has 0 aliphatic heterocycles. The molecular formula is C27H24O6. The van der Waals surface area contributed by atoms with Gasteiger partial charge < -0.3 is 19.7 Å². The Balaban J connectivity index is 1.97. The van der Waals surface area contributed by atoms with E-state index in [1.807, 2.05) is 48.5 Å². The van der Waals surface area contributed by atoms with Crippen LogP contribution in [0.5, 0.6) is 11.5 Å². The van der Waals surface area contributed by atoms with Gasteiger partial charge in [-0.3, -0.25) is 0 Å². The van der Waals surface area contributed by atoms with E-state index < -0.39 is 11.9 Å². The summed E-state index contributed by atoms with van der Waals surface area (Å²) in [6.45, 7) is 3.74. The molecule has 6 nitrogen and oxygen atoms in total. The van der Waals surface area contributed by atoms with Crippen LogP contribution in [0.25, 0.3) is 21.5 Å². The number of phenols is 2. The van der Waals surface area contributed by atoms with E-state index in [1.54, 1.807) is 26.0 Å². The first-order valence-corrected chi connectivity index (χ1v) is 10.8. The number of benzene rings is 4. The number of fused-ring (bicyclic) bond motifs is 2. The van der Waals surface area contributed by atoms with Crippen LogP contribution in [-0.2, 0) is 15.9 Å². The normalized spacial score (nSPS) is 11.0. The van der Waals surface area contributed by atoms with Crippen molar-refractivity contribution in [3.8, 4) is 11.5 Å². The Bertz CT molecular complexity index is 1270. The maximum atomic E-state index is 12.5. The lowest BCUT2D eigenvalue weighted by Gasteiger charge is -2.17. The minimum absolute atomic E-state index is 0.0518. The molecule has 0 atom stereocenters. The van der Waals surface area contributed by atoms with Crippen LogP contribution in [0.1, 0.15) is 45.7 Å². The van der Waals surface area contributed by atoms with E-state index in [2.05, 4.69) is 0 Å². The fourth-order valence-electron chi connectivity index (χ4n) is 4.09. The minimum atomic E-state index is -0.628. The van der Waals surface area contributed by atoms with Gasteiger partial charge in [0, 0.05) is 17.5 Å². The van der Waals surface area contributed by atoms with Crippen LogP contribution in [0.2, 0.25) is 0 Å². The summed E-state index contributed by atoms with van der Waals surface area (Å²) < 4.78 is 10.2. The van der Waals surface area contributed by atoms with Crippen molar-refractivity contribution in [2.45, 2.75) is 20.3 Å². The van der Waals surface area contributed by atoms with E-state index in [4.69, 9.17) is 9.47 Å². The van der Waals surface area contributed by atoms with Crippen LogP contribution >= 0.6 is 0 Å². The molecule has 0 aromatic heterocycles. The summed E-state index contributed by atoms with van der Waals surface area (Å²) in [4.78, 5) is 25.0. The lowest BCUT2D eigenvalue weighted by atomic mass is 9.90. The van der Waals surface area contributed by atoms with Gasteiger partial charge >= 0.3 is 11.9 Å². The van der Waals surface area contributed by atoms with Crippen molar-refractivity contribution < 1.29 is 29.3 Å². The summed E-state index contributed by atoms with van der Waals surface area (Å²) in [5, 5.41) is 25.2. The number of carbonyl (C=O) groups excluding carboxylic acids is 2. The quantitative estimate of drug-likeness (QED) is 0.390. The van der Waals surface area contributed by atoms with Gasteiger partial charge in [-0.25, -0.2) is 9.59 Å². The smallest absolute Gasteiger partial charge is 0.341 e. The number of rotatable bonds is 6. The van der Waals surface area contributed by atoms with Gasteiger partial charge in [0.25, 0.3) is 0 Å². The van der Waals surface area contributed by atoms with Crippen molar-refractivity contribution in [2.24, 2.45) is 0 Å². The largest absolute Gasteiger partial charge is 0.507 e. The maximum Gasteiger partial charge on any atom is 0.341 e. The molecule has 33 heavy (non-hydrogen) atoms. The van der Waals surface area contributed by atoms with Crippen molar-refractivity contribution in [3.05, 3.63) is 82.9 Å². The van der Waals surface area contributed by atoms with Crippen molar-refractivity contribution in [1.82, 2.24) is 0 Å². The van der Waals surface area contributed by atoms with E-state index >= 15 is 0 Å². The Morgan fingerprint density at radius 2 is 1.09 bits per heavy atom. The lowest BCUT2D eigenvalue weighted by Crippen LogP contribution is -2.08. The van der Waals surface area contributed by atoms with Crippen LogP contribution in [0.4, 0.5) is 0 Å². The molecule has 0 saturated heterocycles. The van der Waals surface area contributed by atoms with Gasteiger partial charge in [0.1, 0.15) is 22.6 Å². The molecule has 0 heterocycles. The topological polar surface area (TPSA) is 93.1 Å². The van der Waals surface area contributed by atoms with Crippen molar-refractivity contribution in [1.29, 1.82) is 0 Å². The maximum absolute atomic E-state index is 12.5. The molecule has 0 aliphatic carbocycles. The summed E-state index contributed by atoms with van der Waals surface area (Å²) >= 11 is 0. The van der Waals surface area contributed by atoms with E-state index in [-0.39, 0.29) is 42.3 Å². The Hall–Kier alpha value is -4.06. The third kappa shape index (κ3) is 4.07. The van der Waals surface area contributed by atoms with Gasteiger partial charge in [0.05, 0.1) is 13.2 Å². The molecule has 0 fully saturated rings. The molecule has 4 aromatic carbocycles. The average Bonchev–Trinajstić information content (AvgIpc) is 2.82. The number of aromatic hydroxyl groups is 2. The van der Waals surface area contributed by atoms with Gasteiger partial charge in [-0.15, -0.1) is 0 Å². The number of ether oxygens (including phenoxy) is 2. The monoisotopic (exact) mass is 444 g/mol. The Labute approximate surface area is 191 Å². The molecule has 6 heteroatoms. The van der Waals surface area contributed by atoms with Gasteiger partial charge in [-0.2, -0.15) is 0 Å². The molecule has 0 bridgehead atoms. The minimum Gasteiger partial charge on any atom is -0.507 e. The summed E-state index contributed by atoms with van der Waals surface area (Å²) in [5.74, 6) is -1.68. The molecular weight excluding hydrogens is 420 g/mol. The van der Waals surface area contributed by atoms with Gasteiger partial charge in [-0.05, 0) is 47.5 Å². The van der Waals surface area contributed by atoms with Crippen LogP contribution < -0.4 is 0 Å². The average molecular weight is 444 g/mol. The van der Waals surface area contributed by atoms with Crippen LogP contribution in [0.3, 0.4) is 0 Å². The SMILES string of the molecule is CCOC(=O)c1cc2ccccc2c(Cc2c(O)c(C(=O)OCC)cc3ccccc23)c1O. The zero-order chi connectivity index (χ0) is 23.5. The summed E-state index contributed by atoms with van der Waals surface area (Å²) in [7, 11) is 0. The molecule has 168 valence electrons. The first kappa shape index (κ1) is 22.1. The van der Waals surface area contributed by atoms with E-state index in [0.29, 0.717) is 11.1 Å². The molecule has 0 unspecified atom stereocenters. The van der Waals surface area contributed by atoms with Crippen molar-refractivity contribution in [2.75, 3.05) is 13.2 Å². The molecule has 0 saturated carbocycles. The molecule has 4 rings (SSSR count). The van der Waals surface area contributed by atoms with E-state index in [9.17, 15) is 19.8 Å². The van der Waals surface area contributed by atoms with Crippen LogP contribution in [0, 0.1) is 0 Å². The first-order valence-electron chi connectivity index (χ1n) is 10.8. The molecule has 0 radical (unpaired) electrons. The third-order valence-corrected chi connectivity index (χ3v) is 5.60. The van der Waals surface area contributed by atoms with Crippen molar-refractivity contribution in [3.63, 3.8) is 0 Å². The standard InChI is InChI=1S/C27H24O6/c1-3-32-26(30)22-13-16-9-5-7-11-18(16)20(24(22)28)15-21-19-12-8-6-10-17(19)14-23(25(21)29)27(31)33-4-2/h5-14,28-29H,3-4,15H2,1-2H3. The van der Waals surface area contributed by atoms with Crippen LogP contribution in [-0.4, -0.2) is 35.4 Å². The number of hydrogen-bond acceptors (Lipinski definition) is 6. The highest BCUT2D eigenvalue weighted by Crippen LogP contribution is 2.39. The Morgan fingerprint density at radius 1 is 0.697 bits per heavy atom. The molecule has 0 amide bonds. The van der Waals surface area contributed by atoms with Crippen LogP contribution in [0.15, 0.2) is 60.7 Å². The predicted molar refractivity (Wildman–Crippen MR) is 126 cm³/mol. The van der Waals surface area contributed by atoms with E-state index in [0.717, 1.165) is 21.5 Å². The fraction of sp³-hybridized carbons (Fsp3) is 0.185. The second kappa shape index (κ2) is 9.20. The first-order chi connectivity index (χ1) is 16.0. The lowest BCUT2D eigenvalue weighted by molar-refractivity contribution is 0.0513. The highest BCUT2D eigenvalue weighted by Gasteiger charge is 2.23. The molecule has 2 N–H and O–H groups in total. The number of phenolic OH excluding ortho intramolecular Hbond substituents is 2. The second-order valence-electron chi connectivity index (χ2n) is 7.56.